The second-order valence-electron chi connectivity index (χ2n) is 4.07. The van der Waals surface area contributed by atoms with Crippen molar-refractivity contribution in [2.75, 3.05) is 6.61 Å². The van der Waals surface area contributed by atoms with E-state index in [0.717, 1.165) is 6.42 Å². The van der Waals surface area contributed by atoms with Crippen molar-refractivity contribution in [2.45, 2.75) is 39.3 Å². The zero-order valence-corrected chi connectivity index (χ0v) is 11.0. The fourth-order valence-electron chi connectivity index (χ4n) is 1.69. The van der Waals surface area contributed by atoms with Crippen LogP contribution in [0, 0.1) is 0 Å². The third kappa shape index (κ3) is 4.06. The molecule has 1 aromatic heterocycles. The lowest BCUT2D eigenvalue weighted by Gasteiger charge is -2.14. The Balaban J connectivity index is 2.62. The van der Waals surface area contributed by atoms with Gasteiger partial charge in [0.15, 0.2) is 0 Å². The molecule has 1 atom stereocenters. The van der Waals surface area contributed by atoms with Crippen molar-refractivity contribution in [1.82, 2.24) is 9.88 Å². The third-order valence-electron chi connectivity index (χ3n) is 2.61. The van der Waals surface area contributed by atoms with E-state index in [2.05, 4.69) is 5.32 Å². The Kier molecular flexibility index (Phi) is 5.51. The standard InChI is InChI=1S/C12H19ClN2O2/c1-3-15-8-10(13)7-11(15)12(17)14-9(2)5-4-6-16/h7-9,16H,3-6H2,1-2H3,(H,14,17). The maximum Gasteiger partial charge on any atom is 0.268 e. The van der Waals surface area contributed by atoms with Gasteiger partial charge in [-0.15, -0.1) is 0 Å². The summed E-state index contributed by atoms with van der Waals surface area (Å²) < 4.78 is 1.82. The van der Waals surface area contributed by atoms with Crippen LogP contribution in [0.25, 0.3) is 0 Å². The second-order valence-corrected chi connectivity index (χ2v) is 4.51. The predicted molar refractivity (Wildman–Crippen MR) is 68.4 cm³/mol. The summed E-state index contributed by atoms with van der Waals surface area (Å²) in [5.41, 5.74) is 0.577. The van der Waals surface area contributed by atoms with Gasteiger partial charge in [0.25, 0.3) is 5.91 Å². The number of hydrogen-bond acceptors (Lipinski definition) is 2. The van der Waals surface area contributed by atoms with Crippen molar-refractivity contribution < 1.29 is 9.90 Å². The molecule has 1 unspecified atom stereocenters. The molecule has 0 saturated carbocycles. The Bertz CT molecular complexity index is 377. The third-order valence-corrected chi connectivity index (χ3v) is 2.82. The molecule has 96 valence electrons. The molecule has 0 aliphatic rings. The minimum atomic E-state index is -0.121. The average Bonchev–Trinajstić information content (AvgIpc) is 2.67. The highest BCUT2D eigenvalue weighted by atomic mass is 35.5. The average molecular weight is 259 g/mol. The van der Waals surface area contributed by atoms with Crippen molar-refractivity contribution >= 4 is 17.5 Å². The van der Waals surface area contributed by atoms with Crippen molar-refractivity contribution in [3.8, 4) is 0 Å². The Labute approximate surface area is 107 Å². The normalized spacial score (nSPS) is 12.5. The minimum Gasteiger partial charge on any atom is -0.396 e. The molecule has 1 aromatic rings. The van der Waals surface area contributed by atoms with Gasteiger partial charge in [0.1, 0.15) is 5.69 Å². The molecule has 0 fully saturated rings. The van der Waals surface area contributed by atoms with Gasteiger partial charge >= 0.3 is 0 Å². The van der Waals surface area contributed by atoms with Gasteiger partial charge in [-0.05, 0) is 32.8 Å². The molecule has 0 aromatic carbocycles. The van der Waals surface area contributed by atoms with E-state index in [4.69, 9.17) is 16.7 Å². The van der Waals surface area contributed by atoms with E-state index in [0.29, 0.717) is 23.7 Å². The number of halogens is 1. The summed E-state index contributed by atoms with van der Waals surface area (Å²) in [7, 11) is 0. The number of rotatable bonds is 6. The van der Waals surface area contributed by atoms with Crippen LogP contribution in [0.5, 0.6) is 0 Å². The Hall–Kier alpha value is -1.00. The van der Waals surface area contributed by atoms with E-state index in [1.165, 1.54) is 0 Å². The quantitative estimate of drug-likeness (QED) is 0.821. The van der Waals surface area contributed by atoms with Gasteiger partial charge in [0.2, 0.25) is 0 Å². The highest BCUT2D eigenvalue weighted by Crippen LogP contribution is 2.14. The lowest BCUT2D eigenvalue weighted by Crippen LogP contribution is -2.33. The molecule has 0 spiro atoms. The number of amides is 1. The molecule has 17 heavy (non-hydrogen) atoms. The summed E-state index contributed by atoms with van der Waals surface area (Å²) in [4.78, 5) is 12.0. The highest BCUT2D eigenvalue weighted by Gasteiger charge is 2.14. The van der Waals surface area contributed by atoms with Crippen LogP contribution in [0.1, 0.15) is 37.2 Å². The number of aryl methyl sites for hydroxylation is 1. The molecular formula is C12H19ClN2O2. The number of nitrogens with one attached hydrogen (secondary N) is 1. The molecular weight excluding hydrogens is 240 g/mol. The Morgan fingerprint density at radius 1 is 1.65 bits per heavy atom. The molecule has 1 amide bonds. The Morgan fingerprint density at radius 2 is 2.35 bits per heavy atom. The summed E-state index contributed by atoms with van der Waals surface area (Å²) in [5.74, 6) is -0.121. The molecule has 0 radical (unpaired) electrons. The summed E-state index contributed by atoms with van der Waals surface area (Å²) in [5, 5.41) is 12.2. The zero-order chi connectivity index (χ0) is 12.8. The van der Waals surface area contributed by atoms with E-state index < -0.39 is 0 Å². The van der Waals surface area contributed by atoms with Crippen molar-refractivity contribution in [3.05, 3.63) is 23.0 Å². The van der Waals surface area contributed by atoms with Gasteiger partial charge in [0.05, 0.1) is 5.02 Å². The van der Waals surface area contributed by atoms with E-state index in [1.807, 2.05) is 18.4 Å². The number of carbonyl (C=O) groups is 1. The van der Waals surface area contributed by atoms with E-state index >= 15 is 0 Å². The number of carbonyl (C=O) groups excluding carboxylic acids is 1. The van der Waals surface area contributed by atoms with Crippen LogP contribution < -0.4 is 5.32 Å². The molecule has 5 heteroatoms. The first-order valence-electron chi connectivity index (χ1n) is 5.85. The summed E-state index contributed by atoms with van der Waals surface area (Å²) in [6.07, 6.45) is 3.20. The van der Waals surface area contributed by atoms with Crippen molar-refractivity contribution in [2.24, 2.45) is 0 Å². The largest absolute Gasteiger partial charge is 0.396 e. The van der Waals surface area contributed by atoms with Crippen LogP contribution in [0.3, 0.4) is 0 Å². The van der Waals surface area contributed by atoms with Gasteiger partial charge in [-0.2, -0.15) is 0 Å². The number of aliphatic hydroxyl groups excluding tert-OH is 1. The molecule has 2 N–H and O–H groups in total. The number of aliphatic hydroxyl groups is 1. The zero-order valence-electron chi connectivity index (χ0n) is 10.2. The fraction of sp³-hybridized carbons (Fsp3) is 0.583. The van der Waals surface area contributed by atoms with Crippen LogP contribution in [0.15, 0.2) is 12.3 Å². The van der Waals surface area contributed by atoms with Crippen molar-refractivity contribution in [3.63, 3.8) is 0 Å². The molecule has 4 nitrogen and oxygen atoms in total. The SMILES string of the molecule is CCn1cc(Cl)cc1C(=O)NC(C)CCCO. The highest BCUT2D eigenvalue weighted by molar-refractivity contribution is 6.31. The number of hydrogen-bond donors (Lipinski definition) is 2. The lowest BCUT2D eigenvalue weighted by atomic mass is 10.2. The minimum absolute atomic E-state index is 0.0497. The van der Waals surface area contributed by atoms with Gasteiger partial charge in [0, 0.05) is 25.4 Å². The number of aromatic nitrogens is 1. The lowest BCUT2D eigenvalue weighted by molar-refractivity contribution is 0.0927. The summed E-state index contributed by atoms with van der Waals surface area (Å²) in [6, 6.07) is 1.72. The molecule has 0 bridgehead atoms. The number of nitrogens with zero attached hydrogens (tertiary/aromatic N) is 1. The first-order chi connectivity index (χ1) is 8.08. The molecule has 0 saturated heterocycles. The monoisotopic (exact) mass is 258 g/mol. The summed E-state index contributed by atoms with van der Waals surface area (Å²) >= 11 is 5.87. The van der Waals surface area contributed by atoms with Gasteiger partial charge in [-0.3, -0.25) is 4.79 Å². The first-order valence-corrected chi connectivity index (χ1v) is 6.23. The van der Waals surface area contributed by atoms with Crippen LogP contribution in [-0.2, 0) is 6.54 Å². The van der Waals surface area contributed by atoms with Gasteiger partial charge < -0.3 is 15.0 Å². The van der Waals surface area contributed by atoms with E-state index in [-0.39, 0.29) is 18.6 Å². The maximum absolute atomic E-state index is 12.0. The maximum atomic E-state index is 12.0. The second kappa shape index (κ2) is 6.67. The Morgan fingerprint density at radius 3 is 2.94 bits per heavy atom. The van der Waals surface area contributed by atoms with Gasteiger partial charge in [-0.1, -0.05) is 11.6 Å². The molecule has 1 heterocycles. The van der Waals surface area contributed by atoms with Crippen LogP contribution in [-0.4, -0.2) is 28.2 Å². The molecule has 0 aliphatic heterocycles. The summed E-state index contributed by atoms with van der Waals surface area (Å²) in [6.45, 7) is 4.74. The predicted octanol–water partition coefficient (Wildman–Crippen LogP) is 2.05. The first kappa shape index (κ1) is 14.1. The van der Waals surface area contributed by atoms with E-state index in [9.17, 15) is 4.79 Å². The van der Waals surface area contributed by atoms with Crippen molar-refractivity contribution in [1.29, 1.82) is 0 Å². The van der Waals surface area contributed by atoms with E-state index in [1.54, 1.807) is 12.3 Å². The molecule has 0 aliphatic carbocycles. The fourth-order valence-corrected chi connectivity index (χ4v) is 1.92. The molecule has 1 rings (SSSR count). The van der Waals surface area contributed by atoms with Crippen LogP contribution >= 0.6 is 11.6 Å². The smallest absolute Gasteiger partial charge is 0.268 e. The van der Waals surface area contributed by atoms with Crippen LogP contribution in [0.2, 0.25) is 5.02 Å². The van der Waals surface area contributed by atoms with Crippen LogP contribution in [0.4, 0.5) is 0 Å². The topological polar surface area (TPSA) is 54.3 Å². The van der Waals surface area contributed by atoms with Gasteiger partial charge in [-0.25, -0.2) is 0 Å².